The number of piperazine rings is 2. The Hall–Kier alpha value is -2.05. The van der Waals surface area contributed by atoms with Gasteiger partial charge in [-0.3, -0.25) is 14.6 Å². The van der Waals surface area contributed by atoms with Gasteiger partial charge in [0.05, 0.1) is 18.8 Å². The minimum Gasteiger partial charge on any atom is -0.495 e. The first-order valence-corrected chi connectivity index (χ1v) is 9.88. The summed E-state index contributed by atoms with van der Waals surface area (Å²) < 4.78 is 5.49. The number of carbonyl (C=O) groups excluding carboxylic acids is 1. The third kappa shape index (κ3) is 4.62. The van der Waals surface area contributed by atoms with Crippen molar-refractivity contribution in [1.82, 2.24) is 14.7 Å². The fourth-order valence-electron chi connectivity index (χ4n) is 3.99. The first-order valence-electron chi connectivity index (χ1n) is 9.88. The number of carbonyl (C=O) groups is 1. The van der Waals surface area contributed by atoms with E-state index in [0.717, 1.165) is 70.3 Å². The van der Waals surface area contributed by atoms with Crippen LogP contribution in [0.1, 0.15) is 6.92 Å². The van der Waals surface area contributed by atoms with Crippen LogP contribution >= 0.6 is 0 Å². The van der Waals surface area contributed by atoms with Crippen molar-refractivity contribution in [3.8, 4) is 5.75 Å². The Balaban J connectivity index is 1.51. The topological polar surface area (TPSA) is 39.3 Å². The molecule has 0 aromatic heterocycles. The third-order valence-corrected chi connectivity index (χ3v) is 5.72. The molecule has 2 aliphatic rings. The molecule has 2 saturated heterocycles. The van der Waals surface area contributed by atoms with E-state index in [1.807, 2.05) is 29.2 Å². The Morgan fingerprint density at radius 3 is 2.41 bits per heavy atom. The number of rotatable bonds is 6. The molecule has 2 fully saturated rings. The summed E-state index contributed by atoms with van der Waals surface area (Å²) in [4.78, 5) is 21.9. The molecule has 1 aromatic rings. The van der Waals surface area contributed by atoms with Crippen molar-refractivity contribution in [3.63, 3.8) is 0 Å². The maximum Gasteiger partial charge on any atom is 0.239 e. The lowest BCUT2D eigenvalue weighted by molar-refractivity contribution is -0.138. The molecule has 6 nitrogen and oxygen atoms in total. The highest BCUT2D eigenvalue weighted by molar-refractivity contribution is 5.81. The molecule has 6 heteroatoms. The average Bonchev–Trinajstić information content (AvgIpc) is 2.73. The molecule has 2 heterocycles. The van der Waals surface area contributed by atoms with Gasteiger partial charge in [-0.15, -0.1) is 6.58 Å². The van der Waals surface area contributed by atoms with Crippen LogP contribution in [0.2, 0.25) is 0 Å². The predicted octanol–water partition coefficient (Wildman–Crippen LogP) is 1.54. The lowest BCUT2D eigenvalue weighted by Crippen LogP contribution is -2.57. The van der Waals surface area contributed by atoms with E-state index in [4.69, 9.17) is 4.74 Å². The van der Waals surface area contributed by atoms with Gasteiger partial charge in [-0.2, -0.15) is 0 Å². The fraction of sp³-hybridized carbons (Fsp3) is 0.571. The van der Waals surface area contributed by atoms with E-state index in [1.54, 1.807) is 7.11 Å². The Morgan fingerprint density at radius 1 is 1.11 bits per heavy atom. The molecule has 0 radical (unpaired) electrons. The van der Waals surface area contributed by atoms with Gasteiger partial charge in [0, 0.05) is 58.9 Å². The predicted molar refractivity (Wildman–Crippen MR) is 109 cm³/mol. The van der Waals surface area contributed by atoms with Crippen LogP contribution < -0.4 is 9.64 Å². The Kier molecular flexibility index (Phi) is 6.74. The van der Waals surface area contributed by atoms with E-state index in [2.05, 4.69) is 34.3 Å². The Morgan fingerprint density at radius 2 is 1.78 bits per heavy atom. The molecule has 0 unspecified atom stereocenters. The zero-order valence-corrected chi connectivity index (χ0v) is 16.6. The number of nitrogens with zero attached hydrogens (tertiary/aromatic N) is 4. The molecule has 1 atom stereocenters. The van der Waals surface area contributed by atoms with Crippen molar-refractivity contribution in [1.29, 1.82) is 0 Å². The maximum absolute atomic E-state index is 12.9. The molecular formula is C21H32N4O2. The van der Waals surface area contributed by atoms with Gasteiger partial charge in [0.2, 0.25) is 5.91 Å². The second kappa shape index (κ2) is 9.24. The zero-order chi connectivity index (χ0) is 19.2. The smallest absolute Gasteiger partial charge is 0.239 e. The molecule has 148 valence electrons. The van der Waals surface area contributed by atoms with Crippen molar-refractivity contribution in [2.24, 2.45) is 0 Å². The van der Waals surface area contributed by atoms with Crippen molar-refractivity contribution < 1.29 is 9.53 Å². The lowest BCUT2D eigenvalue weighted by atomic mass is 10.1. The van der Waals surface area contributed by atoms with E-state index >= 15 is 0 Å². The number of methoxy groups -OCH3 is 1. The highest BCUT2D eigenvalue weighted by Gasteiger charge is 2.30. The second-order valence-electron chi connectivity index (χ2n) is 7.29. The van der Waals surface area contributed by atoms with Gasteiger partial charge in [-0.1, -0.05) is 18.2 Å². The number of amides is 1. The van der Waals surface area contributed by atoms with Gasteiger partial charge in [0.1, 0.15) is 5.75 Å². The molecule has 0 bridgehead atoms. The minimum absolute atomic E-state index is 0.0595. The van der Waals surface area contributed by atoms with Gasteiger partial charge in [0.25, 0.3) is 0 Å². The Bertz CT molecular complexity index is 635. The van der Waals surface area contributed by atoms with Crippen molar-refractivity contribution in [2.75, 3.05) is 70.9 Å². The van der Waals surface area contributed by atoms with E-state index in [9.17, 15) is 4.79 Å². The van der Waals surface area contributed by atoms with Crippen molar-refractivity contribution in [2.45, 2.75) is 13.0 Å². The Labute approximate surface area is 163 Å². The van der Waals surface area contributed by atoms with E-state index in [0.29, 0.717) is 0 Å². The molecule has 2 aliphatic heterocycles. The highest BCUT2D eigenvalue weighted by atomic mass is 16.5. The summed E-state index contributed by atoms with van der Waals surface area (Å²) in [5, 5.41) is 0. The molecule has 1 aromatic carbocycles. The van der Waals surface area contributed by atoms with Crippen molar-refractivity contribution in [3.05, 3.63) is 36.9 Å². The molecule has 0 spiro atoms. The third-order valence-electron chi connectivity index (χ3n) is 5.72. The minimum atomic E-state index is -0.0595. The highest BCUT2D eigenvalue weighted by Crippen LogP contribution is 2.28. The van der Waals surface area contributed by atoms with Crippen LogP contribution in [0, 0.1) is 0 Å². The number of hydrogen-bond acceptors (Lipinski definition) is 5. The fourth-order valence-corrected chi connectivity index (χ4v) is 3.99. The van der Waals surface area contributed by atoms with Crippen molar-refractivity contribution >= 4 is 11.6 Å². The summed E-state index contributed by atoms with van der Waals surface area (Å²) in [6.45, 7) is 13.9. The number of hydrogen-bond donors (Lipinski definition) is 0. The summed E-state index contributed by atoms with van der Waals surface area (Å²) in [6, 6.07) is 8.08. The monoisotopic (exact) mass is 372 g/mol. The second-order valence-corrected chi connectivity index (χ2v) is 7.29. The van der Waals surface area contributed by atoms with Crippen LogP contribution in [0.15, 0.2) is 36.9 Å². The number of para-hydroxylation sites is 2. The lowest BCUT2D eigenvalue weighted by Gasteiger charge is -2.41. The molecule has 0 aliphatic carbocycles. The van der Waals surface area contributed by atoms with Gasteiger partial charge in [0.15, 0.2) is 0 Å². The van der Waals surface area contributed by atoms with E-state index in [1.165, 1.54) is 0 Å². The normalized spacial score (nSPS) is 20.4. The summed E-state index contributed by atoms with van der Waals surface area (Å²) >= 11 is 0. The quantitative estimate of drug-likeness (QED) is 0.709. The van der Waals surface area contributed by atoms with Crippen LogP contribution in [-0.4, -0.2) is 92.7 Å². The summed E-state index contributed by atoms with van der Waals surface area (Å²) in [7, 11) is 1.71. The molecule has 3 rings (SSSR count). The first-order chi connectivity index (χ1) is 13.1. The zero-order valence-electron chi connectivity index (χ0n) is 16.6. The number of benzene rings is 1. The largest absolute Gasteiger partial charge is 0.495 e. The summed E-state index contributed by atoms with van der Waals surface area (Å²) in [6.07, 6.45) is 1.93. The summed E-state index contributed by atoms with van der Waals surface area (Å²) in [5.74, 6) is 1.17. The standard InChI is InChI=1S/C21H32N4O2/c1-4-9-22-10-12-25(13-11-22)21(26)18(2)23-14-16-24(17-15-23)19-7-5-6-8-20(19)27-3/h4-8,18H,1,9-17H2,2-3H3/t18-/m1/s1. The molecular weight excluding hydrogens is 340 g/mol. The van der Waals surface area contributed by atoms with Crippen LogP contribution in [0.3, 0.4) is 0 Å². The van der Waals surface area contributed by atoms with E-state index < -0.39 is 0 Å². The number of ether oxygens (including phenoxy) is 1. The average molecular weight is 373 g/mol. The number of anilines is 1. The maximum atomic E-state index is 12.9. The van der Waals surface area contributed by atoms with Gasteiger partial charge < -0.3 is 14.5 Å². The molecule has 1 amide bonds. The molecule has 0 N–H and O–H groups in total. The first kappa shape index (κ1) is 19.7. The SMILES string of the molecule is C=CCN1CCN(C(=O)[C@@H](C)N2CCN(c3ccccc3OC)CC2)CC1. The molecule has 0 saturated carbocycles. The van der Waals surface area contributed by atoms with E-state index in [-0.39, 0.29) is 11.9 Å². The van der Waals surface area contributed by atoms with Gasteiger partial charge in [-0.25, -0.2) is 0 Å². The van der Waals surface area contributed by atoms with Crippen LogP contribution in [0.4, 0.5) is 5.69 Å². The van der Waals surface area contributed by atoms with Crippen LogP contribution in [-0.2, 0) is 4.79 Å². The van der Waals surface area contributed by atoms with Crippen LogP contribution in [0.5, 0.6) is 5.75 Å². The van der Waals surface area contributed by atoms with Gasteiger partial charge >= 0.3 is 0 Å². The van der Waals surface area contributed by atoms with Crippen LogP contribution in [0.25, 0.3) is 0 Å². The van der Waals surface area contributed by atoms with Gasteiger partial charge in [-0.05, 0) is 19.1 Å². The summed E-state index contributed by atoms with van der Waals surface area (Å²) in [5.41, 5.74) is 1.14. The molecule has 27 heavy (non-hydrogen) atoms.